The van der Waals surface area contributed by atoms with Crippen LogP contribution in [0.3, 0.4) is 0 Å². The van der Waals surface area contributed by atoms with Gasteiger partial charge in [0, 0.05) is 12.3 Å². The summed E-state index contributed by atoms with van der Waals surface area (Å²) >= 11 is 0. The Balaban J connectivity index is 2.27. The fourth-order valence-electron chi connectivity index (χ4n) is 2.57. The van der Waals surface area contributed by atoms with Crippen molar-refractivity contribution in [3.63, 3.8) is 0 Å². The van der Waals surface area contributed by atoms with E-state index in [0.29, 0.717) is 6.42 Å². The van der Waals surface area contributed by atoms with E-state index in [4.69, 9.17) is 5.73 Å². The van der Waals surface area contributed by atoms with E-state index in [0.717, 1.165) is 16.7 Å². The molecule has 0 aliphatic rings. The van der Waals surface area contributed by atoms with Crippen LogP contribution in [0.15, 0.2) is 54.6 Å². The maximum Gasteiger partial charge on any atom is 0.152 e. The molecule has 0 fully saturated rings. The van der Waals surface area contributed by atoms with Crippen LogP contribution in [0.5, 0.6) is 0 Å². The van der Waals surface area contributed by atoms with Crippen molar-refractivity contribution >= 4 is 9.84 Å². The molecule has 3 nitrogen and oxygen atoms in total. The van der Waals surface area contributed by atoms with Crippen LogP contribution in [-0.2, 0) is 9.84 Å². The molecule has 0 unspecified atom stereocenters. The zero-order chi connectivity index (χ0) is 15.5. The topological polar surface area (TPSA) is 60.2 Å². The molecular weight excluding hydrogens is 282 g/mol. The summed E-state index contributed by atoms with van der Waals surface area (Å²) in [5.41, 5.74) is 9.23. The van der Waals surface area contributed by atoms with E-state index in [1.54, 1.807) is 0 Å². The Morgan fingerprint density at radius 3 is 1.95 bits per heavy atom. The number of hydrogen-bond donors (Lipinski definition) is 1. The smallest absolute Gasteiger partial charge is 0.152 e. The van der Waals surface area contributed by atoms with E-state index in [1.165, 1.54) is 6.26 Å². The maximum absolute atomic E-state index is 11.8. The van der Waals surface area contributed by atoms with Gasteiger partial charge in [0.1, 0.15) is 0 Å². The average molecular weight is 303 g/mol. The molecule has 0 aliphatic heterocycles. The highest BCUT2D eigenvalue weighted by Crippen LogP contribution is 2.25. The highest BCUT2D eigenvalue weighted by atomic mass is 32.2. The van der Waals surface area contributed by atoms with Gasteiger partial charge in [-0.25, -0.2) is 8.42 Å². The van der Waals surface area contributed by atoms with Crippen LogP contribution in [-0.4, -0.2) is 19.9 Å². The lowest BCUT2D eigenvalue weighted by Crippen LogP contribution is -2.32. The highest BCUT2D eigenvalue weighted by Gasteiger charge is 2.26. The molecule has 0 aliphatic carbocycles. The van der Waals surface area contributed by atoms with Gasteiger partial charge < -0.3 is 5.73 Å². The minimum absolute atomic E-state index is 0.491. The summed E-state index contributed by atoms with van der Waals surface area (Å²) < 4.78 is 23.6. The predicted octanol–water partition coefficient (Wildman–Crippen LogP) is 3.18. The van der Waals surface area contributed by atoms with E-state index in [-0.39, 0.29) is 0 Å². The number of sulfone groups is 1. The molecule has 2 aromatic carbocycles. The monoisotopic (exact) mass is 303 g/mol. The minimum Gasteiger partial charge on any atom is -0.323 e. The first-order valence-corrected chi connectivity index (χ1v) is 8.98. The number of benzene rings is 2. The quantitative estimate of drug-likeness (QED) is 0.923. The molecule has 0 spiro atoms. The lowest BCUT2D eigenvalue weighted by Gasteiger charge is -2.21. The zero-order valence-electron chi connectivity index (χ0n) is 12.4. The van der Waals surface area contributed by atoms with Gasteiger partial charge in [-0.3, -0.25) is 0 Å². The standard InChI is InChI=1S/C17H21NO2S/c1-3-16(21(2,19)20)17(18)15-11-9-14(10-12-15)13-7-5-4-6-8-13/h4-12,16-17H,3,18H2,1-2H3/t16-,17+/m1/s1. The first-order valence-electron chi connectivity index (χ1n) is 7.03. The van der Waals surface area contributed by atoms with Crippen LogP contribution in [0.4, 0.5) is 0 Å². The van der Waals surface area contributed by atoms with Crippen LogP contribution in [0.25, 0.3) is 11.1 Å². The van der Waals surface area contributed by atoms with Gasteiger partial charge in [-0.1, -0.05) is 61.5 Å². The Morgan fingerprint density at radius 1 is 0.952 bits per heavy atom. The third-order valence-electron chi connectivity index (χ3n) is 3.76. The van der Waals surface area contributed by atoms with E-state index in [1.807, 2.05) is 61.5 Å². The summed E-state index contributed by atoms with van der Waals surface area (Å²) in [6.45, 7) is 1.85. The van der Waals surface area contributed by atoms with Crippen molar-refractivity contribution < 1.29 is 8.42 Å². The molecule has 0 saturated carbocycles. The van der Waals surface area contributed by atoms with Gasteiger partial charge in [-0.05, 0) is 23.1 Å². The number of hydrogen-bond acceptors (Lipinski definition) is 3. The van der Waals surface area contributed by atoms with Gasteiger partial charge in [0.05, 0.1) is 5.25 Å². The molecule has 0 saturated heterocycles. The molecule has 0 heterocycles. The van der Waals surface area contributed by atoms with Crippen molar-refractivity contribution in [3.8, 4) is 11.1 Å². The molecule has 2 N–H and O–H groups in total. The Kier molecular flexibility index (Phi) is 4.80. The molecule has 2 aromatic rings. The Labute approximate surface area is 126 Å². The third-order valence-corrected chi connectivity index (χ3v) is 5.48. The van der Waals surface area contributed by atoms with Crippen molar-refractivity contribution in [1.29, 1.82) is 0 Å². The minimum atomic E-state index is -3.15. The van der Waals surface area contributed by atoms with Gasteiger partial charge in [-0.15, -0.1) is 0 Å². The van der Waals surface area contributed by atoms with Crippen LogP contribution in [0.2, 0.25) is 0 Å². The number of rotatable bonds is 5. The summed E-state index contributed by atoms with van der Waals surface area (Å²) in [6, 6.07) is 17.4. The normalized spacial score (nSPS) is 14.6. The Morgan fingerprint density at radius 2 is 1.48 bits per heavy atom. The van der Waals surface area contributed by atoms with Crippen LogP contribution < -0.4 is 5.73 Å². The average Bonchev–Trinajstić information content (AvgIpc) is 2.47. The second-order valence-corrected chi connectivity index (χ2v) is 7.55. The predicted molar refractivity (Wildman–Crippen MR) is 87.7 cm³/mol. The van der Waals surface area contributed by atoms with Gasteiger partial charge in [0.25, 0.3) is 0 Å². The number of nitrogens with two attached hydrogens (primary N) is 1. The molecule has 0 aromatic heterocycles. The summed E-state index contributed by atoms with van der Waals surface area (Å²) in [5.74, 6) is 0. The maximum atomic E-state index is 11.8. The van der Waals surface area contributed by atoms with Crippen LogP contribution in [0.1, 0.15) is 24.9 Å². The van der Waals surface area contributed by atoms with Crippen molar-refractivity contribution in [3.05, 3.63) is 60.2 Å². The van der Waals surface area contributed by atoms with Crippen molar-refractivity contribution in [2.75, 3.05) is 6.26 Å². The summed E-state index contributed by atoms with van der Waals surface area (Å²) in [4.78, 5) is 0. The van der Waals surface area contributed by atoms with Gasteiger partial charge >= 0.3 is 0 Å². The summed E-state index contributed by atoms with van der Waals surface area (Å²) in [5, 5.41) is -0.542. The SMILES string of the molecule is CC[C@H]([C@@H](N)c1ccc(-c2ccccc2)cc1)S(C)(=O)=O. The molecule has 0 radical (unpaired) electrons. The Hall–Kier alpha value is -1.65. The first kappa shape index (κ1) is 15.7. The fraction of sp³-hybridized carbons (Fsp3) is 0.294. The summed E-state index contributed by atoms with van der Waals surface area (Å²) in [6.07, 6.45) is 1.76. The highest BCUT2D eigenvalue weighted by molar-refractivity contribution is 7.91. The lowest BCUT2D eigenvalue weighted by atomic mass is 9.99. The molecule has 4 heteroatoms. The second-order valence-electron chi connectivity index (χ2n) is 5.29. The van der Waals surface area contributed by atoms with E-state index < -0.39 is 21.1 Å². The van der Waals surface area contributed by atoms with Crippen LogP contribution in [0, 0.1) is 0 Å². The van der Waals surface area contributed by atoms with E-state index in [9.17, 15) is 8.42 Å². The van der Waals surface area contributed by atoms with E-state index in [2.05, 4.69) is 0 Å². The van der Waals surface area contributed by atoms with Crippen LogP contribution >= 0.6 is 0 Å². The molecule has 0 bridgehead atoms. The first-order chi connectivity index (χ1) is 9.93. The molecule has 21 heavy (non-hydrogen) atoms. The van der Waals surface area contributed by atoms with Gasteiger partial charge in [0.2, 0.25) is 0 Å². The molecule has 2 rings (SSSR count). The molecule has 2 atom stereocenters. The van der Waals surface area contributed by atoms with E-state index >= 15 is 0 Å². The van der Waals surface area contributed by atoms with Crippen molar-refractivity contribution in [2.24, 2.45) is 5.73 Å². The fourth-order valence-corrected chi connectivity index (χ4v) is 3.86. The second kappa shape index (κ2) is 6.41. The molecule has 0 amide bonds. The zero-order valence-corrected chi connectivity index (χ0v) is 13.2. The van der Waals surface area contributed by atoms with Crippen molar-refractivity contribution in [2.45, 2.75) is 24.6 Å². The Bertz CT molecular complexity index is 678. The van der Waals surface area contributed by atoms with Gasteiger partial charge in [0.15, 0.2) is 9.84 Å². The van der Waals surface area contributed by atoms with Gasteiger partial charge in [-0.2, -0.15) is 0 Å². The molecular formula is C17H21NO2S. The lowest BCUT2D eigenvalue weighted by molar-refractivity contribution is 0.553. The van der Waals surface area contributed by atoms with Crippen molar-refractivity contribution in [1.82, 2.24) is 0 Å². The largest absolute Gasteiger partial charge is 0.323 e. The summed E-state index contributed by atoms with van der Waals surface area (Å²) in [7, 11) is -3.15. The molecule has 112 valence electrons. The third kappa shape index (κ3) is 3.71.